The number of aryl methyl sites for hydroxylation is 1. The van der Waals surface area contributed by atoms with Gasteiger partial charge in [0.25, 0.3) is 0 Å². The minimum atomic E-state index is -3.13. The van der Waals surface area contributed by atoms with Crippen molar-refractivity contribution in [1.29, 1.82) is 0 Å². The summed E-state index contributed by atoms with van der Waals surface area (Å²) in [6.07, 6.45) is 1.21. The monoisotopic (exact) mass is 314 g/mol. The van der Waals surface area contributed by atoms with E-state index in [4.69, 9.17) is 10.5 Å². The van der Waals surface area contributed by atoms with Gasteiger partial charge < -0.3 is 15.8 Å². The number of rotatable bonds is 6. The van der Waals surface area contributed by atoms with Gasteiger partial charge in [-0.15, -0.1) is 0 Å². The average Bonchev–Trinajstić information content (AvgIpc) is 2.39. The number of hydrogen-bond acceptors (Lipinski definition) is 5. The van der Waals surface area contributed by atoms with Gasteiger partial charge in [0.1, 0.15) is 15.6 Å². The van der Waals surface area contributed by atoms with E-state index in [9.17, 15) is 13.2 Å². The normalized spacial score (nSPS) is 12.8. The second-order valence-electron chi connectivity index (χ2n) is 5.10. The molecule has 7 heteroatoms. The molecule has 0 aliphatic heterocycles. The Morgan fingerprint density at radius 2 is 2.00 bits per heavy atom. The van der Waals surface area contributed by atoms with E-state index in [1.165, 1.54) is 0 Å². The summed E-state index contributed by atoms with van der Waals surface area (Å²) in [6.45, 7) is 3.75. The third-order valence-electron chi connectivity index (χ3n) is 3.20. The van der Waals surface area contributed by atoms with E-state index in [-0.39, 0.29) is 12.2 Å². The molecule has 1 unspecified atom stereocenters. The number of nitrogens with two attached hydrogens (primary N) is 1. The second-order valence-corrected chi connectivity index (χ2v) is 7.36. The number of nitrogens with one attached hydrogen (secondary N) is 1. The highest BCUT2D eigenvalue weighted by molar-refractivity contribution is 7.90. The molecule has 1 atom stereocenters. The van der Waals surface area contributed by atoms with Crippen molar-refractivity contribution in [3.63, 3.8) is 0 Å². The van der Waals surface area contributed by atoms with Crippen LogP contribution in [0.5, 0.6) is 5.75 Å². The van der Waals surface area contributed by atoms with Gasteiger partial charge >= 0.3 is 0 Å². The summed E-state index contributed by atoms with van der Waals surface area (Å²) < 4.78 is 27.5. The van der Waals surface area contributed by atoms with Crippen LogP contribution in [0, 0.1) is 13.8 Å². The van der Waals surface area contributed by atoms with Gasteiger partial charge in [0, 0.05) is 17.5 Å². The van der Waals surface area contributed by atoms with Crippen LogP contribution in [0.25, 0.3) is 0 Å². The van der Waals surface area contributed by atoms with Gasteiger partial charge in [-0.25, -0.2) is 8.42 Å². The first kappa shape index (κ1) is 17.5. The minimum Gasteiger partial charge on any atom is -0.496 e. The molecule has 0 fully saturated rings. The van der Waals surface area contributed by atoms with E-state index >= 15 is 0 Å². The van der Waals surface area contributed by atoms with Crippen molar-refractivity contribution < 1.29 is 17.9 Å². The molecule has 1 aromatic rings. The summed E-state index contributed by atoms with van der Waals surface area (Å²) >= 11 is 0. The topological polar surface area (TPSA) is 98.5 Å². The Balaban J connectivity index is 2.79. The summed E-state index contributed by atoms with van der Waals surface area (Å²) in [5.41, 5.74) is 8.10. The summed E-state index contributed by atoms with van der Waals surface area (Å²) in [7, 11) is -1.56. The van der Waals surface area contributed by atoms with Crippen molar-refractivity contribution in [3.8, 4) is 5.75 Å². The molecule has 0 radical (unpaired) electrons. The lowest BCUT2D eigenvalue weighted by Crippen LogP contribution is -2.37. The summed E-state index contributed by atoms with van der Waals surface area (Å²) in [5, 5.41) is 2.71. The number of carbonyl (C=O) groups excluding carboxylic acids is 1. The lowest BCUT2D eigenvalue weighted by atomic mass is 10.1. The Hall–Kier alpha value is -1.60. The molecule has 0 aromatic heterocycles. The van der Waals surface area contributed by atoms with Crippen LogP contribution < -0.4 is 15.8 Å². The van der Waals surface area contributed by atoms with Crippen molar-refractivity contribution in [3.05, 3.63) is 23.3 Å². The van der Waals surface area contributed by atoms with Gasteiger partial charge in [-0.1, -0.05) is 6.07 Å². The number of amides is 1. The molecule has 0 saturated carbocycles. The maximum absolute atomic E-state index is 12.0. The van der Waals surface area contributed by atoms with Crippen molar-refractivity contribution in [2.24, 2.45) is 5.73 Å². The number of hydrogen-bond donors (Lipinski definition) is 2. The molecular formula is C14H22N2O4S. The molecule has 118 valence electrons. The molecule has 6 nitrogen and oxygen atoms in total. The van der Waals surface area contributed by atoms with E-state index in [0.29, 0.717) is 11.4 Å². The number of ether oxygens (including phenoxy) is 1. The van der Waals surface area contributed by atoms with E-state index in [2.05, 4.69) is 5.32 Å². The first-order valence-electron chi connectivity index (χ1n) is 6.54. The van der Waals surface area contributed by atoms with Crippen LogP contribution in [0.3, 0.4) is 0 Å². The van der Waals surface area contributed by atoms with E-state index in [1.54, 1.807) is 13.2 Å². The molecule has 0 saturated heterocycles. The highest BCUT2D eigenvalue weighted by Crippen LogP contribution is 2.29. The molecule has 1 aromatic carbocycles. The number of sulfone groups is 1. The molecule has 1 rings (SSSR count). The Labute approximate surface area is 125 Å². The average molecular weight is 314 g/mol. The van der Waals surface area contributed by atoms with E-state index in [1.807, 2.05) is 19.9 Å². The van der Waals surface area contributed by atoms with Crippen molar-refractivity contribution in [2.75, 3.05) is 24.4 Å². The Kier molecular flexibility index (Phi) is 5.74. The van der Waals surface area contributed by atoms with Gasteiger partial charge in [0.05, 0.1) is 18.9 Å². The molecule has 0 aliphatic carbocycles. The SMILES string of the molecule is COc1c(C)ccc(NC(=O)C(N)CCS(C)(=O)=O)c1C. The number of anilines is 1. The van der Waals surface area contributed by atoms with Crippen LogP contribution in [0.1, 0.15) is 17.5 Å². The van der Waals surface area contributed by atoms with Gasteiger partial charge in [-0.3, -0.25) is 4.79 Å². The molecule has 0 heterocycles. The third-order valence-corrected chi connectivity index (χ3v) is 4.18. The molecule has 0 aliphatic rings. The third kappa shape index (κ3) is 5.02. The van der Waals surface area contributed by atoms with Crippen molar-refractivity contribution in [2.45, 2.75) is 26.3 Å². The summed E-state index contributed by atoms with van der Waals surface area (Å²) in [5.74, 6) is 0.183. The van der Waals surface area contributed by atoms with Gasteiger partial charge in [-0.05, 0) is 31.9 Å². The van der Waals surface area contributed by atoms with Crippen LogP contribution >= 0.6 is 0 Å². The summed E-state index contributed by atoms with van der Waals surface area (Å²) in [4.78, 5) is 12.0. The number of methoxy groups -OCH3 is 1. The quantitative estimate of drug-likeness (QED) is 0.816. The van der Waals surface area contributed by atoms with Crippen LogP contribution in [-0.2, 0) is 14.6 Å². The molecule has 3 N–H and O–H groups in total. The molecule has 1 amide bonds. The predicted molar refractivity (Wildman–Crippen MR) is 83.4 cm³/mol. The standard InChI is InChI=1S/C14H22N2O4S/c1-9-5-6-12(10(2)13(9)20-3)16-14(17)11(15)7-8-21(4,18)19/h5-6,11H,7-8,15H2,1-4H3,(H,16,17). The molecule has 21 heavy (non-hydrogen) atoms. The smallest absolute Gasteiger partial charge is 0.241 e. The van der Waals surface area contributed by atoms with E-state index < -0.39 is 21.8 Å². The molecular weight excluding hydrogens is 292 g/mol. The van der Waals surface area contributed by atoms with Crippen LogP contribution in [0.2, 0.25) is 0 Å². The molecule has 0 bridgehead atoms. The second kappa shape index (κ2) is 6.91. The van der Waals surface area contributed by atoms with Crippen LogP contribution in [0.15, 0.2) is 12.1 Å². The van der Waals surface area contributed by atoms with Crippen molar-refractivity contribution in [1.82, 2.24) is 0 Å². The first-order valence-corrected chi connectivity index (χ1v) is 8.60. The summed E-state index contributed by atoms with van der Waals surface area (Å²) in [6, 6.07) is 2.74. The zero-order chi connectivity index (χ0) is 16.2. The number of benzene rings is 1. The van der Waals surface area contributed by atoms with Gasteiger partial charge in [0.2, 0.25) is 5.91 Å². The lowest BCUT2D eigenvalue weighted by molar-refractivity contribution is -0.117. The first-order chi connectivity index (χ1) is 9.65. The lowest BCUT2D eigenvalue weighted by Gasteiger charge is -2.16. The van der Waals surface area contributed by atoms with Gasteiger partial charge in [0.15, 0.2) is 0 Å². The fourth-order valence-corrected chi connectivity index (χ4v) is 2.66. The maximum Gasteiger partial charge on any atom is 0.241 e. The van der Waals surface area contributed by atoms with Crippen LogP contribution in [-0.4, -0.2) is 39.5 Å². The predicted octanol–water partition coefficient (Wildman–Crippen LogP) is 1.01. The zero-order valence-electron chi connectivity index (χ0n) is 12.8. The fourth-order valence-electron chi connectivity index (χ4n) is 1.97. The Bertz CT molecular complexity index is 626. The van der Waals surface area contributed by atoms with E-state index in [0.717, 1.165) is 17.4 Å². The zero-order valence-corrected chi connectivity index (χ0v) is 13.6. The van der Waals surface area contributed by atoms with Crippen LogP contribution in [0.4, 0.5) is 5.69 Å². The maximum atomic E-state index is 12.0. The van der Waals surface area contributed by atoms with Crippen molar-refractivity contribution >= 4 is 21.4 Å². The molecule has 0 spiro atoms. The number of carbonyl (C=O) groups is 1. The highest BCUT2D eigenvalue weighted by Gasteiger charge is 2.18. The highest BCUT2D eigenvalue weighted by atomic mass is 32.2. The Morgan fingerprint density at radius 1 is 1.38 bits per heavy atom. The fraction of sp³-hybridized carbons (Fsp3) is 0.500. The van der Waals surface area contributed by atoms with Gasteiger partial charge in [-0.2, -0.15) is 0 Å². The Morgan fingerprint density at radius 3 is 2.52 bits per heavy atom. The minimum absolute atomic E-state index is 0.0900. The largest absolute Gasteiger partial charge is 0.496 e.